The summed E-state index contributed by atoms with van der Waals surface area (Å²) in [4.78, 5) is 12.5. The minimum atomic E-state index is -0.465. The highest BCUT2D eigenvalue weighted by atomic mass is 16.5. The second kappa shape index (κ2) is 12.0. The number of aryl methyl sites for hydroxylation is 2. The number of benzene rings is 2. The molecule has 0 aliphatic heterocycles. The first kappa shape index (κ1) is 25.6. The van der Waals surface area contributed by atoms with Crippen LogP contribution in [0.4, 0.5) is 0 Å². The van der Waals surface area contributed by atoms with Gasteiger partial charge in [0.1, 0.15) is 29.6 Å². The molecule has 2 aromatic heterocycles. The maximum absolute atomic E-state index is 12.5. The van der Waals surface area contributed by atoms with Crippen LogP contribution in [-0.4, -0.2) is 29.9 Å². The molecule has 0 aliphatic carbocycles. The third-order valence-electron chi connectivity index (χ3n) is 5.60. The minimum Gasteiger partial charge on any atom is -0.494 e. The molecule has 1 amide bonds. The van der Waals surface area contributed by atoms with E-state index in [0.29, 0.717) is 41.8 Å². The van der Waals surface area contributed by atoms with Gasteiger partial charge in [0.2, 0.25) is 0 Å². The number of hydrazone groups is 1. The number of hydrogen-bond acceptors (Lipinski definition) is 6. The van der Waals surface area contributed by atoms with Crippen LogP contribution in [0, 0.1) is 13.8 Å². The summed E-state index contributed by atoms with van der Waals surface area (Å²) in [5.74, 6) is 2.24. The average molecular weight is 502 g/mol. The number of nitrogens with zero attached hydrogens (tertiary/aromatic N) is 2. The average Bonchev–Trinajstić information content (AvgIpc) is 3.51. The minimum absolute atomic E-state index is 0.140. The molecule has 0 unspecified atom stereocenters. The first-order valence-electron chi connectivity index (χ1n) is 12.2. The number of hydrogen-bond donors (Lipinski definition) is 1. The van der Waals surface area contributed by atoms with Crippen LogP contribution in [0.15, 0.2) is 76.2 Å². The van der Waals surface area contributed by atoms with Crippen molar-refractivity contribution in [1.29, 1.82) is 0 Å². The molecule has 0 atom stereocenters. The summed E-state index contributed by atoms with van der Waals surface area (Å²) in [6.07, 6.45) is 1.52. The van der Waals surface area contributed by atoms with Gasteiger partial charge >= 0.3 is 5.91 Å². The van der Waals surface area contributed by atoms with Crippen molar-refractivity contribution >= 4 is 12.1 Å². The largest absolute Gasteiger partial charge is 0.494 e. The van der Waals surface area contributed by atoms with E-state index in [2.05, 4.69) is 41.1 Å². The fraction of sp³-hybridized carbons (Fsp3) is 0.241. The first-order chi connectivity index (χ1) is 18.0. The lowest BCUT2D eigenvalue weighted by Gasteiger charge is -2.10. The van der Waals surface area contributed by atoms with Crippen molar-refractivity contribution in [3.63, 3.8) is 0 Å². The molecule has 192 valence electrons. The van der Waals surface area contributed by atoms with Crippen LogP contribution < -0.4 is 19.6 Å². The number of furan rings is 1. The molecule has 2 aromatic carbocycles. The summed E-state index contributed by atoms with van der Waals surface area (Å²) in [5, 5.41) is 4.04. The summed E-state index contributed by atoms with van der Waals surface area (Å²) in [7, 11) is 0. The standard InChI is InChI=1S/C29H31N3O5/c1-5-34-25-12-9-22(28(17-25)35-6-2)18-30-31-29(33)27-16-15-26(37-27)19-36-24-13-10-23(11-14-24)32-20(3)7-8-21(32)4/h7-18H,5-6,19H2,1-4H3,(H,31,33)/b30-18+. The summed E-state index contributed by atoms with van der Waals surface area (Å²) >= 11 is 0. The number of ether oxygens (including phenoxy) is 3. The van der Waals surface area contributed by atoms with Crippen LogP contribution >= 0.6 is 0 Å². The van der Waals surface area contributed by atoms with Gasteiger partial charge in [0.05, 0.1) is 19.4 Å². The number of rotatable bonds is 11. The molecule has 4 aromatic rings. The number of carbonyl (C=O) groups is 1. The SMILES string of the molecule is CCOc1ccc(/C=N/NC(=O)c2ccc(COc3ccc(-n4c(C)ccc4C)cc3)o2)c(OCC)c1. The predicted molar refractivity (Wildman–Crippen MR) is 142 cm³/mol. The first-order valence-corrected chi connectivity index (χ1v) is 12.2. The van der Waals surface area contributed by atoms with Crippen LogP contribution in [0.1, 0.15) is 47.1 Å². The van der Waals surface area contributed by atoms with Crippen LogP contribution in [-0.2, 0) is 6.61 Å². The molecule has 8 nitrogen and oxygen atoms in total. The Balaban J connectivity index is 1.32. The van der Waals surface area contributed by atoms with E-state index in [-0.39, 0.29) is 12.4 Å². The highest BCUT2D eigenvalue weighted by Gasteiger charge is 2.12. The summed E-state index contributed by atoms with van der Waals surface area (Å²) in [6, 6.07) is 20.8. The van der Waals surface area contributed by atoms with Gasteiger partial charge in [0, 0.05) is 28.7 Å². The third kappa shape index (κ3) is 6.41. The molecule has 0 bridgehead atoms. The van der Waals surface area contributed by atoms with E-state index in [4.69, 9.17) is 18.6 Å². The van der Waals surface area contributed by atoms with Crippen LogP contribution in [0.3, 0.4) is 0 Å². The fourth-order valence-electron chi connectivity index (χ4n) is 3.87. The Morgan fingerprint density at radius 3 is 2.30 bits per heavy atom. The maximum Gasteiger partial charge on any atom is 0.307 e. The highest BCUT2D eigenvalue weighted by molar-refractivity contribution is 5.92. The zero-order valence-corrected chi connectivity index (χ0v) is 21.5. The van der Waals surface area contributed by atoms with Crippen LogP contribution in [0.25, 0.3) is 5.69 Å². The zero-order valence-electron chi connectivity index (χ0n) is 21.5. The van der Waals surface area contributed by atoms with Crippen molar-refractivity contribution in [1.82, 2.24) is 9.99 Å². The van der Waals surface area contributed by atoms with Gasteiger partial charge in [-0.25, -0.2) is 5.43 Å². The molecule has 0 spiro atoms. The normalized spacial score (nSPS) is 11.0. The van der Waals surface area contributed by atoms with Gasteiger partial charge in [0.25, 0.3) is 0 Å². The Hall–Kier alpha value is -4.46. The predicted octanol–water partition coefficient (Wildman–Crippen LogP) is 5.83. The Labute approximate surface area is 216 Å². The Morgan fingerprint density at radius 1 is 0.892 bits per heavy atom. The Morgan fingerprint density at radius 2 is 1.59 bits per heavy atom. The number of aromatic nitrogens is 1. The molecule has 2 heterocycles. The molecule has 37 heavy (non-hydrogen) atoms. The van der Waals surface area contributed by atoms with Crippen molar-refractivity contribution in [3.05, 3.63) is 95.2 Å². The quantitative estimate of drug-likeness (QED) is 0.206. The molecule has 0 saturated carbocycles. The second-order valence-electron chi connectivity index (χ2n) is 8.26. The summed E-state index contributed by atoms with van der Waals surface area (Å²) in [6.45, 7) is 9.22. The van der Waals surface area contributed by atoms with Crippen molar-refractivity contribution < 1.29 is 23.4 Å². The maximum atomic E-state index is 12.5. The van der Waals surface area contributed by atoms with Gasteiger partial charge in [0.15, 0.2) is 5.76 Å². The van der Waals surface area contributed by atoms with Gasteiger partial charge in [-0.15, -0.1) is 0 Å². The van der Waals surface area contributed by atoms with Gasteiger partial charge in [-0.2, -0.15) is 5.10 Å². The molecule has 8 heteroatoms. The van der Waals surface area contributed by atoms with Gasteiger partial charge in [-0.05, 0) is 88.4 Å². The van der Waals surface area contributed by atoms with Crippen molar-refractivity contribution in [3.8, 4) is 22.9 Å². The second-order valence-corrected chi connectivity index (χ2v) is 8.26. The molecule has 0 saturated heterocycles. The molecular formula is C29H31N3O5. The van der Waals surface area contributed by atoms with Crippen LogP contribution in [0.2, 0.25) is 0 Å². The summed E-state index contributed by atoms with van der Waals surface area (Å²) < 4.78 is 24.8. The molecule has 0 radical (unpaired) electrons. The Bertz CT molecular complexity index is 1350. The van der Waals surface area contributed by atoms with Gasteiger partial charge in [-0.3, -0.25) is 4.79 Å². The smallest absolute Gasteiger partial charge is 0.307 e. The number of nitrogens with one attached hydrogen (secondary N) is 1. The topological polar surface area (TPSA) is 87.2 Å². The molecule has 4 rings (SSSR count). The number of amides is 1. The van der Waals surface area contributed by atoms with E-state index >= 15 is 0 Å². The van der Waals surface area contributed by atoms with Crippen molar-refractivity contribution in [2.24, 2.45) is 5.10 Å². The lowest BCUT2D eigenvalue weighted by Crippen LogP contribution is -2.16. The zero-order chi connectivity index (χ0) is 26.2. The van der Waals surface area contributed by atoms with Gasteiger partial charge < -0.3 is 23.2 Å². The van der Waals surface area contributed by atoms with E-state index in [0.717, 1.165) is 5.69 Å². The van der Waals surface area contributed by atoms with E-state index in [9.17, 15) is 4.79 Å². The molecule has 0 fully saturated rings. The molecule has 0 aliphatic rings. The lowest BCUT2D eigenvalue weighted by molar-refractivity contribution is 0.0923. The van der Waals surface area contributed by atoms with E-state index < -0.39 is 5.91 Å². The van der Waals surface area contributed by atoms with Crippen molar-refractivity contribution in [2.45, 2.75) is 34.3 Å². The third-order valence-corrected chi connectivity index (χ3v) is 5.60. The van der Waals surface area contributed by atoms with Gasteiger partial charge in [-0.1, -0.05) is 0 Å². The van der Waals surface area contributed by atoms with Crippen molar-refractivity contribution in [2.75, 3.05) is 13.2 Å². The van der Waals surface area contributed by atoms with E-state index in [1.165, 1.54) is 17.6 Å². The molecular weight excluding hydrogens is 470 g/mol. The van der Waals surface area contributed by atoms with Crippen LogP contribution in [0.5, 0.6) is 17.2 Å². The summed E-state index contributed by atoms with van der Waals surface area (Å²) in [5.41, 5.74) is 6.61. The fourth-order valence-corrected chi connectivity index (χ4v) is 3.87. The Kier molecular flexibility index (Phi) is 8.30. The lowest BCUT2D eigenvalue weighted by atomic mass is 10.2. The van der Waals surface area contributed by atoms with E-state index in [1.54, 1.807) is 18.2 Å². The monoisotopic (exact) mass is 501 g/mol. The highest BCUT2D eigenvalue weighted by Crippen LogP contribution is 2.24. The number of carbonyl (C=O) groups excluding carboxylic acids is 1. The van der Waals surface area contributed by atoms with E-state index in [1.807, 2.05) is 50.2 Å². The molecule has 1 N–H and O–H groups in total.